The minimum atomic E-state index is -1.00. The number of nitrogens with zero attached hydrogens (tertiary/aromatic N) is 1. The Hall–Kier alpha value is -3.28. The standard InChI is InChI=1S/C13H9N.C4H3FN2O2/c1-3-7-12-10(5-1)9-11-6-2-4-8-13(11)14-12;5-2-1-6-4(9)7-3(2)8/h1-9H;1H,(H2,6,7,8,9). The number of aromatic amines is 2. The summed E-state index contributed by atoms with van der Waals surface area (Å²) < 4.78 is 12.0. The maximum atomic E-state index is 12.0. The number of hydrogen-bond acceptors (Lipinski definition) is 3. The third-order valence-corrected chi connectivity index (χ3v) is 3.20. The van der Waals surface area contributed by atoms with E-state index in [4.69, 9.17) is 0 Å². The first-order valence-corrected chi connectivity index (χ1v) is 6.85. The second-order valence-corrected chi connectivity index (χ2v) is 4.79. The van der Waals surface area contributed by atoms with Crippen molar-refractivity contribution in [3.05, 3.63) is 87.4 Å². The third-order valence-electron chi connectivity index (χ3n) is 3.20. The van der Waals surface area contributed by atoms with Crippen molar-refractivity contribution in [2.75, 3.05) is 0 Å². The summed E-state index contributed by atoms with van der Waals surface area (Å²) in [5, 5.41) is 2.40. The predicted molar refractivity (Wildman–Crippen MR) is 86.9 cm³/mol. The number of fused-ring (bicyclic) bond motifs is 2. The van der Waals surface area contributed by atoms with Crippen molar-refractivity contribution in [1.29, 1.82) is 0 Å². The van der Waals surface area contributed by atoms with Gasteiger partial charge in [-0.3, -0.25) is 9.78 Å². The van der Waals surface area contributed by atoms with E-state index in [1.807, 2.05) is 41.4 Å². The Morgan fingerprint density at radius 1 is 0.870 bits per heavy atom. The number of rotatable bonds is 0. The Labute approximate surface area is 129 Å². The molecule has 0 fully saturated rings. The van der Waals surface area contributed by atoms with Crippen LogP contribution in [0.3, 0.4) is 0 Å². The SMILES string of the molecule is O=c1[nH]cc(F)c(=O)[nH]1.c1ccc2nc3ccccc3cc2c1. The molecule has 0 aliphatic heterocycles. The fraction of sp³-hybridized carbons (Fsp3) is 0. The quantitative estimate of drug-likeness (QED) is 0.490. The van der Waals surface area contributed by atoms with Gasteiger partial charge in [-0.15, -0.1) is 0 Å². The molecule has 2 N–H and O–H groups in total. The van der Waals surface area contributed by atoms with Crippen LogP contribution in [0, 0.1) is 5.82 Å². The number of nitrogens with one attached hydrogen (secondary N) is 2. The molecule has 0 amide bonds. The maximum Gasteiger partial charge on any atom is 0.325 e. The van der Waals surface area contributed by atoms with Crippen LogP contribution in [0.2, 0.25) is 0 Å². The molecule has 4 rings (SSSR count). The number of para-hydroxylation sites is 2. The Morgan fingerprint density at radius 3 is 1.96 bits per heavy atom. The van der Waals surface area contributed by atoms with Gasteiger partial charge in [-0.05, 0) is 18.2 Å². The van der Waals surface area contributed by atoms with Crippen LogP contribution < -0.4 is 11.2 Å². The van der Waals surface area contributed by atoms with Crippen LogP contribution in [-0.4, -0.2) is 15.0 Å². The summed E-state index contributed by atoms with van der Waals surface area (Å²) in [5.74, 6) is -0.991. The molecule has 2 aromatic carbocycles. The van der Waals surface area contributed by atoms with Crippen molar-refractivity contribution in [1.82, 2.24) is 15.0 Å². The molecule has 2 aromatic heterocycles. The predicted octanol–water partition coefficient (Wildman–Crippen LogP) is 2.59. The number of halogens is 1. The minimum Gasteiger partial charge on any atom is -0.311 e. The van der Waals surface area contributed by atoms with Gasteiger partial charge in [0.05, 0.1) is 11.0 Å². The second-order valence-electron chi connectivity index (χ2n) is 4.79. The second kappa shape index (κ2) is 6.23. The zero-order chi connectivity index (χ0) is 16.2. The van der Waals surface area contributed by atoms with Crippen LogP contribution in [0.1, 0.15) is 0 Å². The Bertz CT molecular complexity index is 981. The molecular weight excluding hydrogens is 297 g/mol. The molecule has 0 aliphatic carbocycles. The summed E-state index contributed by atoms with van der Waals surface area (Å²) >= 11 is 0. The highest BCUT2D eigenvalue weighted by Crippen LogP contribution is 2.18. The summed E-state index contributed by atoms with van der Waals surface area (Å²) in [5.41, 5.74) is 0.414. The van der Waals surface area contributed by atoms with Gasteiger partial charge in [-0.25, -0.2) is 9.78 Å². The van der Waals surface area contributed by atoms with E-state index >= 15 is 0 Å². The molecule has 0 radical (unpaired) electrons. The van der Waals surface area contributed by atoms with Gasteiger partial charge in [0, 0.05) is 17.0 Å². The highest BCUT2D eigenvalue weighted by atomic mass is 19.1. The van der Waals surface area contributed by atoms with Gasteiger partial charge in [-0.1, -0.05) is 36.4 Å². The lowest BCUT2D eigenvalue weighted by Crippen LogP contribution is -2.23. The van der Waals surface area contributed by atoms with Crippen LogP contribution in [0.15, 0.2) is 70.4 Å². The van der Waals surface area contributed by atoms with Gasteiger partial charge in [0.2, 0.25) is 5.82 Å². The molecule has 0 bridgehead atoms. The van der Waals surface area contributed by atoms with E-state index < -0.39 is 17.1 Å². The number of hydrogen-bond donors (Lipinski definition) is 2. The highest BCUT2D eigenvalue weighted by Gasteiger charge is 1.96. The molecule has 4 aromatic rings. The van der Waals surface area contributed by atoms with Gasteiger partial charge in [-0.2, -0.15) is 4.39 Å². The van der Waals surface area contributed by atoms with Crippen molar-refractivity contribution in [2.45, 2.75) is 0 Å². The van der Waals surface area contributed by atoms with E-state index in [0.717, 1.165) is 11.0 Å². The molecule has 0 unspecified atom stereocenters. The smallest absolute Gasteiger partial charge is 0.311 e. The van der Waals surface area contributed by atoms with Gasteiger partial charge in [0.15, 0.2) is 0 Å². The van der Waals surface area contributed by atoms with Crippen molar-refractivity contribution in [3.63, 3.8) is 0 Å². The number of H-pyrrole nitrogens is 2. The largest absolute Gasteiger partial charge is 0.325 e. The molecule has 114 valence electrons. The van der Waals surface area contributed by atoms with Crippen molar-refractivity contribution < 1.29 is 4.39 Å². The van der Waals surface area contributed by atoms with E-state index in [2.05, 4.69) is 23.2 Å². The van der Waals surface area contributed by atoms with Crippen LogP contribution in [0.5, 0.6) is 0 Å². The topological polar surface area (TPSA) is 78.6 Å². The molecule has 23 heavy (non-hydrogen) atoms. The van der Waals surface area contributed by atoms with Gasteiger partial charge in [0.25, 0.3) is 5.56 Å². The molecule has 0 aliphatic rings. The summed E-state index contributed by atoms with van der Waals surface area (Å²) in [4.78, 5) is 28.6. The fourth-order valence-electron chi connectivity index (χ4n) is 2.11. The van der Waals surface area contributed by atoms with E-state index in [9.17, 15) is 14.0 Å². The lowest BCUT2D eigenvalue weighted by molar-refractivity contribution is 0.597. The van der Waals surface area contributed by atoms with Crippen molar-refractivity contribution in [2.24, 2.45) is 0 Å². The van der Waals surface area contributed by atoms with E-state index in [-0.39, 0.29) is 0 Å². The summed E-state index contributed by atoms with van der Waals surface area (Å²) in [6.07, 6.45) is 0.709. The van der Waals surface area contributed by atoms with Crippen molar-refractivity contribution >= 4 is 21.8 Å². The first-order valence-electron chi connectivity index (χ1n) is 6.85. The number of pyridine rings is 1. The zero-order valence-electron chi connectivity index (χ0n) is 11.9. The Morgan fingerprint density at radius 2 is 1.43 bits per heavy atom. The third kappa shape index (κ3) is 3.32. The average Bonchev–Trinajstić information content (AvgIpc) is 2.57. The molecule has 5 nitrogen and oxygen atoms in total. The zero-order valence-corrected chi connectivity index (χ0v) is 11.9. The average molecular weight is 309 g/mol. The molecule has 0 saturated carbocycles. The summed E-state index contributed by atoms with van der Waals surface area (Å²) in [6.45, 7) is 0. The lowest BCUT2D eigenvalue weighted by atomic mass is 10.1. The summed E-state index contributed by atoms with van der Waals surface area (Å²) in [6, 6.07) is 18.6. The van der Waals surface area contributed by atoms with E-state index in [1.54, 1.807) is 4.98 Å². The molecular formula is C17H12FN3O2. The number of benzene rings is 2. The normalized spacial score (nSPS) is 10.3. The van der Waals surface area contributed by atoms with Crippen molar-refractivity contribution in [3.8, 4) is 0 Å². The molecule has 0 spiro atoms. The summed E-state index contributed by atoms with van der Waals surface area (Å²) in [7, 11) is 0. The van der Waals surface area contributed by atoms with Gasteiger partial charge < -0.3 is 4.98 Å². The highest BCUT2D eigenvalue weighted by molar-refractivity contribution is 5.92. The number of aromatic nitrogens is 3. The van der Waals surface area contributed by atoms with Crippen LogP contribution in [0.25, 0.3) is 21.8 Å². The van der Waals surface area contributed by atoms with Crippen LogP contribution in [-0.2, 0) is 0 Å². The van der Waals surface area contributed by atoms with Gasteiger partial charge >= 0.3 is 5.69 Å². The maximum absolute atomic E-state index is 12.0. The minimum absolute atomic E-state index is 0.707. The fourth-order valence-corrected chi connectivity index (χ4v) is 2.11. The Kier molecular flexibility index (Phi) is 3.97. The first kappa shape index (κ1) is 14.6. The van der Waals surface area contributed by atoms with Crippen LogP contribution in [0.4, 0.5) is 4.39 Å². The van der Waals surface area contributed by atoms with E-state index in [1.165, 1.54) is 10.8 Å². The lowest BCUT2D eigenvalue weighted by Gasteiger charge is -1.99. The first-order chi connectivity index (χ1) is 11.1. The van der Waals surface area contributed by atoms with Crippen LogP contribution >= 0.6 is 0 Å². The van der Waals surface area contributed by atoms with Gasteiger partial charge in [0.1, 0.15) is 0 Å². The molecule has 6 heteroatoms. The molecule has 0 atom stereocenters. The molecule has 2 heterocycles. The Balaban J connectivity index is 0.000000151. The van der Waals surface area contributed by atoms with E-state index in [0.29, 0.717) is 6.20 Å². The monoisotopic (exact) mass is 309 g/mol. The molecule has 0 saturated heterocycles.